The number of carbonyl (C=O) groups excluding carboxylic acids is 1. The third kappa shape index (κ3) is 1.53. The maximum atomic E-state index is 11.5. The zero-order valence-corrected chi connectivity index (χ0v) is 8.97. The zero-order valence-electron chi connectivity index (χ0n) is 8.97. The Labute approximate surface area is 89.4 Å². The Bertz CT molecular complexity index is 379. The molecule has 0 aromatic carbocycles. The molecule has 3 heteroatoms. The lowest BCUT2D eigenvalue weighted by Gasteiger charge is -2.30. The van der Waals surface area contributed by atoms with Gasteiger partial charge in [0.1, 0.15) is 0 Å². The van der Waals surface area contributed by atoms with Crippen LogP contribution in [0.1, 0.15) is 6.92 Å². The number of likely N-dealkylation sites (N-methyl/N-ethyl adjacent to an activating group) is 1. The number of fused-ring (bicyclic) bond motifs is 1. The summed E-state index contributed by atoms with van der Waals surface area (Å²) in [7, 11) is 1.92. The minimum Gasteiger partial charge on any atom is -0.390 e. The van der Waals surface area contributed by atoms with Gasteiger partial charge in [-0.1, -0.05) is 24.3 Å². The summed E-state index contributed by atoms with van der Waals surface area (Å²) in [4.78, 5) is 13.5. The molecule has 2 atom stereocenters. The van der Waals surface area contributed by atoms with E-state index in [-0.39, 0.29) is 24.3 Å². The fraction of sp³-hybridized carbons (Fsp3) is 0.417. The molecule has 2 unspecified atom stereocenters. The molecule has 15 heavy (non-hydrogen) atoms. The van der Waals surface area contributed by atoms with Crippen molar-refractivity contribution < 1.29 is 9.90 Å². The van der Waals surface area contributed by atoms with Crippen molar-refractivity contribution in [2.24, 2.45) is 5.92 Å². The molecule has 0 bridgehead atoms. The Balaban J connectivity index is 2.34. The lowest BCUT2D eigenvalue weighted by molar-refractivity contribution is -0.114. The fourth-order valence-electron chi connectivity index (χ4n) is 2.32. The number of aliphatic hydroxyl groups is 1. The van der Waals surface area contributed by atoms with Crippen LogP contribution in [0.5, 0.6) is 0 Å². The fourth-order valence-corrected chi connectivity index (χ4v) is 2.32. The summed E-state index contributed by atoms with van der Waals surface area (Å²) >= 11 is 0. The highest BCUT2D eigenvalue weighted by molar-refractivity contribution is 5.95. The van der Waals surface area contributed by atoms with Gasteiger partial charge in [0.2, 0.25) is 0 Å². The summed E-state index contributed by atoms with van der Waals surface area (Å²) in [6, 6.07) is 0.0784. The number of rotatable bonds is 2. The van der Waals surface area contributed by atoms with E-state index in [1.807, 2.05) is 30.2 Å². The van der Waals surface area contributed by atoms with Gasteiger partial charge in [0.15, 0.2) is 5.78 Å². The molecule has 0 amide bonds. The van der Waals surface area contributed by atoms with E-state index < -0.39 is 0 Å². The SMILES string of the molecule is CC(=O)C1=CC=CC2C=C(CO)N(C)C12. The van der Waals surface area contributed by atoms with Gasteiger partial charge in [0.25, 0.3) is 0 Å². The van der Waals surface area contributed by atoms with E-state index in [9.17, 15) is 4.79 Å². The molecule has 1 aliphatic carbocycles. The summed E-state index contributed by atoms with van der Waals surface area (Å²) in [5.74, 6) is 0.329. The molecule has 0 saturated heterocycles. The normalized spacial score (nSPS) is 28.6. The first-order chi connectivity index (χ1) is 7.15. The summed E-state index contributed by atoms with van der Waals surface area (Å²) in [6.45, 7) is 1.62. The first-order valence-corrected chi connectivity index (χ1v) is 5.09. The van der Waals surface area contributed by atoms with Crippen molar-refractivity contribution in [1.82, 2.24) is 4.90 Å². The minimum atomic E-state index is 0.0303. The lowest BCUT2D eigenvalue weighted by Crippen LogP contribution is -2.36. The monoisotopic (exact) mass is 205 g/mol. The Morgan fingerprint density at radius 3 is 2.93 bits per heavy atom. The van der Waals surface area contributed by atoms with Crippen molar-refractivity contribution in [1.29, 1.82) is 0 Å². The highest BCUT2D eigenvalue weighted by atomic mass is 16.3. The van der Waals surface area contributed by atoms with E-state index in [1.165, 1.54) is 0 Å². The predicted octanol–water partition coefficient (Wildman–Crippen LogP) is 0.878. The van der Waals surface area contributed by atoms with Crippen LogP contribution in [0, 0.1) is 5.92 Å². The molecule has 0 aromatic heterocycles. The van der Waals surface area contributed by atoms with Crippen LogP contribution in [-0.2, 0) is 4.79 Å². The molecule has 80 valence electrons. The number of hydrogen-bond donors (Lipinski definition) is 1. The molecule has 0 fully saturated rings. The van der Waals surface area contributed by atoms with E-state index >= 15 is 0 Å². The van der Waals surface area contributed by atoms with Crippen molar-refractivity contribution in [3.8, 4) is 0 Å². The van der Waals surface area contributed by atoms with Crippen LogP contribution >= 0.6 is 0 Å². The van der Waals surface area contributed by atoms with Gasteiger partial charge in [-0.2, -0.15) is 0 Å². The second-order valence-corrected chi connectivity index (χ2v) is 4.01. The molecule has 1 N–H and O–H groups in total. The van der Waals surface area contributed by atoms with Crippen molar-refractivity contribution >= 4 is 5.78 Å². The first-order valence-electron chi connectivity index (χ1n) is 5.09. The second-order valence-electron chi connectivity index (χ2n) is 4.01. The minimum absolute atomic E-state index is 0.0303. The number of ketones is 1. The third-order valence-corrected chi connectivity index (χ3v) is 3.12. The van der Waals surface area contributed by atoms with Gasteiger partial charge in [-0.15, -0.1) is 0 Å². The van der Waals surface area contributed by atoms with Gasteiger partial charge < -0.3 is 10.0 Å². The van der Waals surface area contributed by atoms with Gasteiger partial charge in [-0.05, 0) is 6.92 Å². The Kier molecular flexibility index (Phi) is 2.49. The summed E-state index contributed by atoms with van der Waals surface area (Å²) < 4.78 is 0. The van der Waals surface area contributed by atoms with Crippen LogP contribution in [0.2, 0.25) is 0 Å². The average Bonchev–Trinajstić information content (AvgIpc) is 2.55. The standard InChI is InChI=1S/C12H15NO2/c1-8(15)11-5-3-4-9-6-10(7-14)13(2)12(9)11/h3-6,9,12,14H,7H2,1-2H3. The van der Waals surface area contributed by atoms with Gasteiger partial charge in [-0.3, -0.25) is 4.79 Å². The van der Waals surface area contributed by atoms with Crippen LogP contribution in [0.25, 0.3) is 0 Å². The van der Waals surface area contributed by atoms with Crippen molar-refractivity contribution in [3.63, 3.8) is 0 Å². The molecule has 2 aliphatic rings. The molecule has 0 aromatic rings. The Morgan fingerprint density at radius 1 is 1.60 bits per heavy atom. The number of allylic oxidation sites excluding steroid dienone is 2. The molecular weight excluding hydrogens is 190 g/mol. The number of Topliss-reactive ketones (excluding diaryl/α,β-unsaturated/α-hetero) is 1. The van der Waals surface area contributed by atoms with Crippen molar-refractivity contribution in [3.05, 3.63) is 35.6 Å². The van der Waals surface area contributed by atoms with E-state index in [0.29, 0.717) is 0 Å². The van der Waals surface area contributed by atoms with E-state index in [4.69, 9.17) is 5.11 Å². The van der Waals surface area contributed by atoms with E-state index in [2.05, 4.69) is 6.08 Å². The molecule has 1 heterocycles. The quantitative estimate of drug-likeness (QED) is 0.727. The smallest absolute Gasteiger partial charge is 0.157 e. The van der Waals surface area contributed by atoms with Gasteiger partial charge in [-0.25, -0.2) is 0 Å². The van der Waals surface area contributed by atoms with Crippen LogP contribution < -0.4 is 0 Å². The molecule has 0 spiro atoms. The molecular formula is C12H15NO2. The highest BCUT2D eigenvalue weighted by Crippen LogP contribution is 2.34. The summed E-state index contributed by atoms with van der Waals surface area (Å²) in [5, 5.41) is 9.17. The average molecular weight is 205 g/mol. The number of aliphatic hydroxyl groups excluding tert-OH is 1. The lowest BCUT2D eigenvalue weighted by atomic mass is 9.88. The van der Waals surface area contributed by atoms with Crippen LogP contribution in [0.4, 0.5) is 0 Å². The predicted molar refractivity (Wildman–Crippen MR) is 58.1 cm³/mol. The first kappa shape index (κ1) is 10.2. The zero-order chi connectivity index (χ0) is 11.0. The summed E-state index contributed by atoms with van der Waals surface area (Å²) in [5.41, 5.74) is 1.72. The number of carbonyl (C=O) groups is 1. The van der Waals surface area contributed by atoms with Gasteiger partial charge >= 0.3 is 0 Å². The largest absolute Gasteiger partial charge is 0.390 e. The molecule has 3 nitrogen and oxygen atoms in total. The molecule has 0 saturated carbocycles. The summed E-state index contributed by atoms with van der Waals surface area (Å²) in [6.07, 6.45) is 7.88. The van der Waals surface area contributed by atoms with Crippen molar-refractivity contribution in [2.75, 3.05) is 13.7 Å². The molecule has 0 radical (unpaired) electrons. The topological polar surface area (TPSA) is 40.5 Å². The Morgan fingerprint density at radius 2 is 2.33 bits per heavy atom. The third-order valence-electron chi connectivity index (χ3n) is 3.12. The van der Waals surface area contributed by atoms with Crippen LogP contribution in [-0.4, -0.2) is 35.5 Å². The van der Waals surface area contributed by atoms with Crippen molar-refractivity contribution in [2.45, 2.75) is 13.0 Å². The highest BCUT2D eigenvalue weighted by Gasteiger charge is 2.35. The maximum absolute atomic E-state index is 11.5. The Hall–Kier alpha value is -1.35. The number of hydrogen-bond acceptors (Lipinski definition) is 3. The van der Waals surface area contributed by atoms with Gasteiger partial charge in [0, 0.05) is 24.2 Å². The second kappa shape index (κ2) is 3.66. The maximum Gasteiger partial charge on any atom is 0.157 e. The van der Waals surface area contributed by atoms with Gasteiger partial charge in [0.05, 0.1) is 12.6 Å². The van der Waals surface area contributed by atoms with E-state index in [0.717, 1.165) is 11.3 Å². The van der Waals surface area contributed by atoms with Crippen LogP contribution in [0.15, 0.2) is 35.6 Å². The van der Waals surface area contributed by atoms with E-state index in [1.54, 1.807) is 6.92 Å². The molecule has 1 aliphatic heterocycles. The van der Waals surface area contributed by atoms with Crippen LogP contribution in [0.3, 0.4) is 0 Å². The number of nitrogens with zero attached hydrogens (tertiary/aromatic N) is 1. The molecule has 2 rings (SSSR count).